The maximum atomic E-state index is 11.8. The summed E-state index contributed by atoms with van der Waals surface area (Å²) in [7, 11) is 0. The first-order valence-electron chi connectivity index (χ1n) is 5.83. The van der Waals surface area contributed by atoms with Crippen LogP contribution in [0.4, 0.5) is 5.69 Å². The van der Waals surface area contributed by atoms with Gasteiger partial charge < -0.3 is 11.1 Å². The molecule has 1 rings (SSSR count). The summed E-state index contributed by atoms with van der Waals surface area (Å²) >= 11 is 6.04. The number of carbonyl (C=O) groups is 1. The molecule has 3 nitrogen and oxygen atoms in total. The van der Waals surface area contributed by atoms with Crippen LogP contribution in [0.3, 0.4) is 0 Å². The Morgan fingerprint density at radius 1 is 1.53 bits per heavy atom. The number of anilines is 1. The number of nitrogens with one attached hydrogen (secondary N) is 1. The summed E-state index contributed by atoms with van der Waals surface area (Å²) in [4.78, 5) is 11.8. The standard InChI is InChI=1S/C13H19ClN2O/c1-3-10(8-15)7-12(17)16-13-9(2)5-4-6-11(13)14/h4-6,10H,3,7-8,15H2,1-2H3,(H,16,17). The monoisotopic (exact) mass is 254 g/mol. The first-order valence-corrected chi connectivity index (χ1v) is 6.21. The van der Waals surface area contributed by atoms with Gasteiger partial charge in [-0.25, -0.2) is 0 Å². The largest absolute Gasteiger partial charge is 0.330 e. The van der Waals surface area contributed by atoms with Crippen LogP contribution in [-0.2, 0) is 4.79 Å². The van der Waals surface area contributed by atoms with Crippen LogP contribution in [0.25, 0.3) is 0 Å². The van der Waals surface area contributed by atoms with Crippen LogP contribution < -0.4 is 11.1 Å². The number of rotatable bonds is 5. The average Bonchev–Trinajstić information content (AvgIpc) is 2.31. The third kappa shape index (κ3) is 4.02. The first-order chi connectivity index (χ1) is 8.08. The molecule has 1 amide bonds. The van der Waals surface area contributed by atoms with E-state index in [2.05, 4.69) is 5.32 Å². The second-order valence-electron chi connectivity index (χ2n) is 4.19. The number of nitrogens with two attached hydrogens (primary N) is 1. The van der Waals surface area contributed by atoms with Crippen molar-refractivity contribution in [3.63, 3.8) is 0 Å². The maximum Gasteiger partial charge on any atom is 0.224 e. The van der Waals surface area contributed by atoms with E-state index in [1.807, 2.05) is 26.0 Å². The smallest absolute Gasteiger partial charge is 0.224 e. The predicted octanol–water partition coefficient (Wildman–Crippen LogP) is 2.96. The van der Waals surface area contributed by atoms with Crippen LogP contribution in [0.5, 0.6) is 0 Å². The lowest BCUT2D eigenvalue weighted by Crippen LogP contribution is -2.22. The van der Waals surface area contributed by atoms with E-state index in [-0.39, 0.29) is 11.8 Å². The molecule has 0 saturated heterocycles. The zero-order valence-electron chi connectivity index (χ0n) is 10.3. The molecule has 0 heterocycles. The average molecular weight is 255 g/mol. The van der Waals surface area contributed by atoms with E-state index in [1.165, 1.54) is 0 Å². The number of hydrogen-bond acceptors (Lipinski definition) is 2. The number of aryl methyl sites for hydroxylation is 1. The van der Waals surface area contributed by atoms with E-state index in [0.29, 0.717) is 23.7 Å². The lowest BCUT2D eigenvalue weighted by atomic mass is 10.0. The van der Waals surface area contributed by atoms with E-state index >= 15 is 0 Å². The fraction of sp³-hybridized carbons (Fsp3) is 0.462. The highest BCUT2D eigenvalue weighted by atomic mass is 35.5. The molecule has 0 saturated carbocycles. The summed E-state index contributed by atoms with van der Waals surface area (Å²) < 4.78 is 0. The van der Waals surface area contributed by atoms with Crippen LogP contribution >= 0.6 is 11.6 Å². The minimum Gasteiger partial charge on any atom is -0.330 e. The molecule has 0 aliphatic heterocycles. The summed E-state index contributed by atoms with van der Waals surface area (Å²) in [5.74, 6) is 0.205. The van der Waals surface area contributed by atoms with Crippen LogP contribution in [0.1, 0.15) is 25.3 Å². The lowest BCUT2D eigenvalue weighted by Gasteiger charge is -2.14. The van der Waals surface area contributed by atoms with Gasteiger partial charge in [-0.15, -0.1) is 0 Å². The van der Waals surface area contributed by atoms with Crippen LogP contribution in [0.2, 0.25) is 5.02 Å². The van der Waals surface area contributed by atoms with Gasteiger partial charge in [0.25, 0.3) is 0 Å². The van der Waals surface area contributed by atoms with Gasteiger partial charge in [-0.2, -0.15) is 0 Å². The molecule has 1 atom stereocenters. The summed E-state index contributed by atoms with van der Waals surface area (Å²) in [5, 5.41) is 3.42. The zero-order chi connectivity index (χ0) is 12.8. The quantitative estimate of drug-likeness (QED) is 0.849. The third-order valence-electron chi connectivity index (χ3n) is 2.87. The Bertz CT molecular complexity index is 369. The molecule has 0 aromatic heterocycles. The summed E-state index contributed by atoms with van der Waals surface area (Å²) in [6, 6.07) is 5.55. The molecule has 0 aliphatic rings. The Hall–Kier alpha value is -1.06. The Morgan fingerprint density at radius 2 is 2.24 bits per heavy atom. The van der Waals surface area contributed by atoms with Gasteiger partial charge in [-0.1, -0.05) is 37.1 Å². The topological polar surface area (TPSA) is 55.1 Å². The summed E-state index contributed by atoms with van der Waals surface area (Å²) in [6.45, 7) is 4.48. The van der Waals surface area contributed by atoms with E-state index < -0.39 is 0 Å². The number of hydrogen-bond donors (Lipinski definition) is 2. The Kier molecular flexibility index (Phi) is 5.45. The Morgan fingerprint density at radius 3 is 2.76 bits per heavy atom. The predicted molar refractivity (Wildman–Crippen MR) is 72.3 cm³/mol. The van der Waals surface area contributed by atoms with Gasteiger partial charge in [-0.05, 0) is 31.0 Å². The number of para-hydroxylation sites is 1. The van der Waals surface area contributed by atoms with Crippen molar-refractivity contribution in [2.45, 2.75) is 26.7 Å². The van der Waals surface area contributed by atoms with E-state index in [1.54, 1.807) is 6.07 Å². The fourth-order valence-electron chi connectivity index (χ4n) is 1.64. The molecule has 17 heavy (non-hydrogen) atoms. The molecule has 0 bridgehead atoms. The van der Waals surface area contributed by atoms with Crippen molar-refractivity contribution in [1.82, 2.24) is 0 Å². The van der Waals surface area contributed by atoms with Gasteiger partial charge in [0.05, 0.1) is 10.7 Å². The number of halogens is 1. The van der Waals surface area contributed by atoms with Crippen molar-refractivity contribution < 1.29 is 4.79 Å². The van der Waals surface area contributed by atoms with Crippen molar-refractivity contribution in [3.05, 3.63) is 28.8 Å². The van der Waals surface area contributed by atoms with Crippen molar-refractivity contribution in [3.8, 4) is 0 Å². The maximum absolute atomic E-state index is 11.8. The molecule has 0 spiro atoms. The van der Waals surface area contributed by atoms with E-state index in [4.69, 9.17) is 17.3 Å². The van der Waals surface area contributed by atoms with Gasteiger partial charge in [-0.3, -0.25) is 4.79 Å². The van der Waals surface area contributed by atoms with Crippen molar-refractivity contribution >= 4 is 23.2 Å². The second kappa shape index (κ2) is 6.62. The highest BCUT2D eigenvalue weighted by Gasteiger charge is 2.12. The van der Waals surface area contributed by atoms with Crippen molar-refractivity contribution in [1.29, 1.82) is 0 Å². The van der Waals surface area contributed by atoms with Crippen molar-refractivity contribution in [2.24, 2.45) is 11.7 Å². The van der Waals surface area contributed by atoms with Crippen LogP contribution in [0, 0.1) is 12.8 Å². The molecule has 1 aromatic rings. The normalized spacial score (nSPS) is 12.2. The number of carbonyl (C=O) groups excluding carboxylic acids is 1. The molecule has 4 heteroatoms. The van der Waals surface area contributed by atoms with E-state index in [0.717, 1.165) is 12.0 Å². The second-order valence-corrected chi connectivity index (χ2v) is 4.60. The Labute approximate surface area is 107 Å². The fourth-order valence-corrected chi connectivity index (χ4v) is 1.91. The minimum atomic E-state index is -0.0292. The lowest BCUT2D eigenvalue weighted by molar-refractivity contribution is -0.117. The van der Waals surface area contributed by atoms with E-state index in [9.17, 15) is 4.79 Å². The van der Waals surface area contributed by atoms with Crippen LogP contribution in [0.15, 0.2) is 18.2 Å². The van der Waals surface area contributed by atoms with Gasteiger partial charge in [0.1, 0.15) is 0 Å². The Balaban J connectivity index is 2.68. The number of amides is 1. The molecule has 1 aromatic carbocycles. The minimum absolute atomic E-state index is 0.0292. The van der Waals surface area contributed by atoms with Crippen LogP contribution in [-0.4, -0.2) is 12.5 Å². The molecule has 0 fully saturated rings. The molecule has 94 valence electrons. The number of benzene rings is 1. The van der Waals surface area contributed by atoms with Gasteiger partial charge in [0.15, 0.2) is 0 Å². The molecular weight excluding hydrogens is 236 g/mol. The molecular formula is C13H19ClN2O. The SMILES string of the molecule is CCC(CN)CC(=O)Nc1c(C)cccc1Cl. The van der Waals surface area contributed by atoms with Gasteiger partial charge in [0.2, 0.25) is 5.91 Å². The highest BCUT2D eigenvalue weighted by Crippen LogP contribution is 2.25. The summed E-state index contributed by atoms with van der Waals surface area (Å²) in [5.41, 5.74) is 7.24. The zero-order valence-corrected chi connectivity index (χ0v) is 11.1. The molecule has 0 aliphatic carbocycles. The van der Waals surface area contributed by atoms with Gasteiger partial charge >= 0.3 is 0 Å². The van der Waals surface area contributed by atoms with Crippen molar-refractivity contribution in [2.75, 3.05) is 11.9 Å². The summed E-state index contributed by atoms with van der Waals surface area (Å²) in [6.07, 6.45) is 1.35. The highest BCUT2D eigenvalue weighted by molar-refractivity contribution is 6.33. The third-order valence-corrected chi connectivity index (χ3v) is 3.19. The molecule has 1 unspecified atom stereocenters. The molecule has 0 radical (unpaired) electrons. The first kappa shape index (κ1) is 14.0. The molecule has 3 N–H and O–H groups in total. The van der Waals surface area contributed by atoms with Gasteiger partial charge in [0, 0.05) is 6.42 Å².